The van der Waals surface area contributed by atoms with E-state index in [0.717, 1.165) is 24.0 Å². The zero-order valence-electron chi connectivity index (χ0n) is 11.7. The van der Waals surface area contributed by atoms with Crippen molar-refractivity contribution < 1.29 is 4.92 Å². The van der Waals surface area contributed by atoms with Crippen molar-refractivity contribution in [3.63, 3.8) is 0 Å². The minimum absolute atomic E-state index is 0.0854. The zero-order chi connectivity index (χ0) is 14.3. The highest BCUT2D eigenvalue weighted by Gasteiger charge is 2.40. The summed E-state index contributed by atoms with van der Waals surface area (Å²) in [6.45, 7) is 4.32. The Hall–Kier alpha value is -2.16. The van der Waals surface area contributed by atoms with E-state index in [1.165, 1.54) is 11.1 Å². The van der Waals surface area contributed by atoms with E-state index in [-0.39, 0.29) is 16.0 Å². The van der Waals surface area contributed by atoms with E-state index in [4.69, 9.17) is 0 Å². The Morgan fingerprint density at radius 3 is 2.30 bits per heavy atom. The molecule has 3 nitrogen and oxygen atoms in total. The normalized spacial score (nSPS) is 14.7. The van der Waals surface area contributed by atoms with Gasteiger partial charge in [-0.15, -0.1) is 0 Å². The summed E-state index contributed by atoms with van der Waals surface area (Å²) in [5.74, 6) is 0. The van der Waals surface area contributed by atoms with Crippen LogP contribution in [0.5, 0.6) is 0 Å². The standard InChI is InChI=1S/C17H17NO2/c1-3-17(4-2)15-8-6-5-7-13(15)14-10-9-12(18(19)20)11-16(14)17/h5-11H,3-4H2,1-2H3. The van der Waals surface area contributed by atoms with E-state index in [2.05, 4.69) is 32.0 Å². The lowest BCUT2D eigenvalue weighted by Crippen LogP contribution is -2.23. The minimum Gasteiger partial charge on any atom is -0.258 e. The maximum Gasteiger partial charge on any atom is 0.269 e. The van der Waals surface area contributed by atoms with Gasteiger partial charge in [0.05, 0.1) is 4.92 Å². The molecule has 0 N–H and O–H groups in total. The summed E-state index contributed by atoms with van der Waals surface area (Å²) in [6.07, 6.45) is 1.91. The molecule has 2 aromatic rings. The summed E-state index contributed by atoms with van der Waals surface area (Å²) >= 11 is 0. The van der Waals surface area contributed by atoms with Crippen LogP contribution in [0.2, 0.25) is 0 Å². The molecule has 0 aromatic heterocycles. The van der Waals surface area contributed by atoms with E-state index in [0.29, 0.717) is 0 Å². The fourth-order valence-electron chi connectivity index (χ4n) is 3.57. The van der Waals surface area contributed by atoms with Gasteiger partial charge in [-0.3, -0.25) is 10.1 Å². The average molecular weight is 267 g/mol. The van der Waals surface area contributed by atoms with E-state index in [1.807, 2.05) is 12.1 Å². The molecular weight excluding hydrogens is 250 g/mol. The second-order valence-electron chi connectivity index (χ2n) is 5.32. The molecule has 102 valence electrons. The molecular formula is C17H17NO2. The molecule has 0 unspecified atom stereocenters. The number of rotatable bonds is 3. The Kier molecular flexibility index (Phi) is 2.85. The molecule has 2 aromatic carbocycles. The third-order valence-corrected chi connectivity index (χ3v) is 4.67. The third-order valence-electron chi connectivity index (χ3n) is 4.67. The van der Waals surface area contributed by atoms with Gasteiger partial charge in [0.25, 0.3) is 5.69 Å². The van der Waals surface area contributed by atoms with Crippen molar-refractivity contribution in [2.45, 2.75) is 32.1 Å². The highest BCUT2D eigenvalue weighted by molar-refractivity contribution is 5.82. The van der Waals surface area contributed by atoms with Gasteiger partial charge in [-0.1, -0.05) is 38.1 Å². The molecule has 3 heteroatoms. The van der Waals surface area contributed by atoms with Gasteiger partial charge in [-0.05, 0) is 41.2 Å². The number of hydrogen-bond donors (Lipinski definition) is 0. The predicted octanol–water partition coefficient (Wildman–Crippen LogP) is 4.68. The fraction of sp³-hybridized carbons (Fsp3) is 0.294. The molecule has 0 radical (unpaired) electrons. The van der Waals surface area contributed by atoms with Crippen molar-refractivity contribution in [2.24, 2.45) is 0 Å². The number of nitro groups is 1. The molecule has 0 bridgehead atoms. The molecule has 3 rings (SSSR count). The summed E-state index contributed by atoms with van der Waals surface area (Å²) in [7, 11) is 0. The van der Waals surface area contributed by atoms with Crippen molar-refractivity contribution in [3.8, 4) is 11.1 Å². The second kappa shape index (κ2) is 4.44. The molecule has 0 atom stereocenters. The summed E-state index contributed by atoms with van der Waals surface area (Å²) in [5.41, 5.74) is 4.88. The van der Waals surface area contributed by atoms with Gasteiger partial charge < -0.3 is 0 Å². The number of benzene rings is 2. The molecule has 1 aliphatic rings. The molecule has 0 saturated heterocycles. The zero-order valence-corrected chi connectivity index (χ0v) is 11.7. The van der Waals surface area contributed by atoms with Crippen molar-refractivity contribution in [3.05, 3.63) is 63.7 Å². The maximum atomic E-state index is 11.1. The highest BCUT2D eigenvalue weighted by Crippen LogP contribution is 2.53. The number of non-ortho nitro benzene ring substituents is 1. The number of nitrogens with zero attached hydrogens (tertiary/aromatic N) is 1. The first-order chi connectivity index (χ1) is 9.64. The van der Waals surface area contributed by atoms with Gasteiger partial charge in [-0.25, -0.2) is 0 Å². The van der Waals surface area contributed by atoms with Gasteiger partial charge in [0.1, 0.15) is 0 Å². The lowest BCUT2D eigenvalue weighted by atomic mass is 9.74. The molecule has 0 fully saturated rings. The first-order valence-corrected chi connectivity index (χ1v) is 7.03. The molecule has 0 spiro atoms. The van der Waals surface area contributed by atoms with Crippen LogP contribution in [-0.2, 0) is 5.41 Å². The smallest absolute Gasteiger partial charge is 0.258 e. The van der Waals surface area contributed by atoms with Crippen LogP contribution in [0.4, 0.5) is 5.69 Å². The molecule has 20 heavy (non-hydrogen) atoms. The topological polar surface area (TPSA) is 43.1 Å². The molecule has 1 aliphatic carbocycles. The maximum absolute atomic E-state index is 11.1. The quantitative estimate of drug-likeness (QED) is 0.598. The summed E-state index contributed by atoms with van der Waals surface area (Å²) < 4.78 is 0. The third kappa shape index (κ3) is 1.52. The number of fused-ring (bicyclic) bond motifs is 3. The van der Waals surface area contributed by atoms with Crippen molar-refractivity contribution >= 4 is 5.69 Å². The summed E-state index contributed by atoms with van der Waals surface area (Å²) in [6, 6.07) is 13.6. The van der Waals surface area contributed by atoms with Crippen LogP contribution in [0.15, 0.2) is 42.5 Å². The van der Waals surface area contributed by atoms with Gasteiger partial charge >= 0.3 is 0 Å². The van der Waals surface area contributed by atoms with Crippen LogP contribution >= 0.6 is 0 Å². The van der Waals surface area contributed by atoms with Crippen molar-refractivity contribution in [1.82, 2.24) is 0 Å². The SMILES string of the molecule is CCC1(CC)c2ccccc2-c2ccc([N+](=O)[O-])cc21. The van der Waals surface area contributed by atoms with Crippen molar-refractivity contribution in [2.75, 3.05) is 0 Å². The van der Waals surface area contributed by atoms with E-state index < -0.39 is 0 Å². The predicted molar refractivity (Wildman–Crippen MR) is 79.9 cm³/mol. The summed E-state index contributed by atoms with van der Waals surface area (Å²) in [4.78, 5) is 10.8. The van der Waals surface area contributed by atoms with E-state index >= 15 is 0 Å². The van der Waals surface area contributed by atoms with Gasteiger partial charge in [-0.2, -0.15) is 0 Å². The lowest BCUT2D eigenvalue weighted by molar-refractivity contribution is -0.384. The van der Waals surface area contributed by atoms with Crippen LogP contribution in [-0.4, -0.2) is 4.92 Å². The van der Waals surface area contributed by atoms with E-state index in [1.54, 1.807) is 12.1 Å². The monoisotopic (exact) mass is 267 g/mol. The average Bonchev–Trinajstić information content (AvgIpc) is 2.77. The van der Waals surface area contributed by atoms with Crippen LogP contribution < -0.4 is 0 Å². The second-order valence-corrected chi connectivity index (χ2v) is 5.32. The first-order valence-electron chi connectivity index (χ1n) is 7.03. The molecule has 0 saturated carbocycles. The van der Waals surface area contributed by atoms with Gasteiger partial charge in [0.2, 0.25) is 0 Å². The largest absolute Gasteiger partial charge is 0.269 e. The Balaban J connectivity index is 2.34. The van der Waals surface area contributed by atoms with Gasteiger partial charge in [0, 0.05) is 17.5 Å². The first kappa shape index (κ1) is 12.9. The molecule has 0 heterocycles. The molecule has 0 aliphatic heterocycles. The fourth-order valence-corrected chi connectivity index (χ4v) is 3.57. The minimum atomic E-state index is -0.306. The Morgan fingerprint density at radius 1 is 1.00 bits per heavy atom. The van der Waals surface area contributed by atoms with Crippen LogP contribution in [0, 0.1) is 10.1 Å². The lowest BCUT2D eigenvalue weighted by Gasteiger charge is -2.29. The Labute approximate surface area is 118 Å². The molecule has 0 amide bonds. The van der Waals surface area contributed by atoms with Crippen LogP contribution in [0.1, 0.15) is 37.8 Å². The summed E-state index contributed by atoms with van der Waals surface area (Å²) in [5, 5.41) is 11.1. The number of hydrogen-bond acceptors (Lipinski definition) is 2. The van der Waals surface area contributed by atoms with Crippen molar-refractivity contribution in [1.29, 1.82) is 0 Å². The van der Waals surface area contributed by atoms with Crippen LogP contribution in [0.25, 0.3) is 11.1 Å². The highest BCUT2D eigenvalue weighted by atomic mass is 16.6. The van der Waals surface area contributed by atoms with Crippen LogP contribution in [0.3, 0.4) is 0 Å². The van der Waals surface area contributed by atoms with E-state index in [9.17, 15) is 10.1 Å². The van der Waals surface area contributed by atoms with Gasteiger partial charge in [0.15, 0.2) is 0 Å². The Morgan fingerprint density at radius 2 is 1.65 bits per heavy atom. The number of nitro benzene ring substituents is 1. The Bertz CT molecular complexity index is 687.